The fourth-order valence-corrected chi connectivity index (χ4v) is 2.04. The molecular weight excluding hydrogens is 222 g/mol. The minimum absolute atomic E-state index is 0.140. The summed E-state index contributed by atoms with van der Waals surface area (Å²) in [6.45, 7) is 0. The van der Waals surface area contributed by atoms with Gasteiger partial charge < -0.3 is 10.3 Å². The maximum Gasteiger partial charge on any atom is 0.0546 e. The first-order chi connectivity index (χ1) is 7.70. The molecule has 3 nitrogen and oxygen atoms in total. The lowest BCUT2D eigenvalue weighted by atomic mass is 10.0. The van der Waals surface area contributed by atoms with Crippen molar-refractivity contribution in [2.24, 2.45) is 0 Å². The normalized spacial score (nSPS) is 12.3. The van der Waals surface area contributed by atoms with E-state index in [2.05, 4.69) is 0 Å². The highest BCUT2D eigenvalue weighted by Crippen LogP contribution is 2.29. The number of para-hydroxylation sites is 1. The predicted octanol–water partition coefficient (Wildman–Crippen LogP) is 2.17. The van der Waals surface area contributed by atoms with Crippen molar-refractivity contribution in [2.45, 2.75) is 4.90 Å². The smallest absolute Gasteiger partial charge is 0.0546 e. The molecule has 0 bridgehead atoms. The number of rotatable bonds is 2. The minimum atomic E-state index is -2.30. The lowest BCUT2D eigenvalue weighted by molar-refractivity contribution is 0.537. The van der Waals surface area contributed by atoms with Crippen LogP contribution in [0, 0.1) is 0 Å². The van der Waals surface area contributed by atoms with Crippen LogP contribution in [0.2, 0.25) is 0 Å². The van der Waals surface area contributed by atoms with Crippen LogP contribution in [-0.4, -0.2) is 8.76 Å². The van der Waals surface area contributed by atoms with Gasteiger partial charge in [0, 0.05) is 10.5 Å². The van der Waals surface area contributed by atoms with Crippen LogP contribution in [0.4, 0.5) is 5.69 Å². The summed E-state index contributed by atoms with van der Waals surface area (Å²) < 4.78 is 21.9. The molecule has 0 heterocycles. The van der Waals surface area contributed by atoms with Crippen LogP contribution >= 0.6 is 0 Å². The third kappa shape index (κ3) is 1.98. The third-order valence-corrected chi connectivity index (χ3v) is 3.05. The fraction of sp³-hybridized carbons (Fsp3) is 0. The maximum atomic E-state index is 10.9. The summed E-state index contributed by atoms with van der Waals surface area (Å²) in [6, 6.07) is 14.4. The minimum Gasteiger partial charge on any atom is -0.768 e. The van der Waals surface area contributed by atoms with E-state index in [1.54, 1.807) is 12.1 Å². The molecule has 82 valence electrons. The largest absolute Gasteiger partial charge is 0.768 e. The van der Waals surface area contributed by atoms with E-state index in [1.807, 2.05) is 30.3 Å². The van der Waals surface area contributed by atoms with E-state index in [9.17, 15) is 8.76 Å². The second kappa shape index (κ2) is 4.47. The van der Waals surface area contributed by atoms with Gasteiger partial charge in [-0.1, -0.05) is 42.5 Å². The molecule has 0 aromatic heterocycles. The Hall–Kier alpha value is -1.65. The standard InChI is InChI=1S/C12H11NO2S/c13-12-10(9-5-2-1-3-6-9)7-4-8-11(12)16(14)15/h1-8H,13H2,(H,14,15)/p-1. The zero-order chi connectivity index (χ0) is 11.5. The Bertz CT molecular complexity index is 526. The molecule has 2 N–H and O–H groups in total. The van der Waals surface area contributed by atoms with Crippen molar-refractivity contribution < 1.29 is 8.76 Å². The molecule has 2 aromatic carbocycles. The Labute approximate surface area is 96.2 Å². The lowest BCUT2D eigenvalue weighted by Crippen LogP contribution is -1.98. The summed E-state index contributed by atoms with van der Waals surface area (Å²) in [4.78, 5) is 0.140. The van der Waals surface area contributed by atoms with Crippen LogP contribution < -0.4 is 5.73 Å². The van der Waals surface area contributed by atoms with Gasteiger partial charge in [0.05, 0.1) is 5.69 Å². The summed E-state index contributed by atoms with van der Waals surface area (Å²) in [6.07, 6.45) is 0. The Morgan fingerprint density at radius 1 is 1.00 bits per heavy atom. The van der Waals surface area contributed by atoms with Crippen molar-refractivity contribution in [3.05, 3.63) is 48.5 Å². The van der Waals surface area contributed by atoms with Crippen LogP contribution in [0.3, 0.4) is 0 Å². The van der Waals surface area contributed by atoms with Gasteiger partial charge in [0.25, 0.3) is 0 Å². The number of hydrogen-bond donors (Lipinski definition) is 1. The zero-order valence-electron chi connectivity index (χ0n) is 8.42. The SMILES string of the molecule is Nc1c(-c2ccccc2)cccc1S(=O)[O-]. The molecule has 1 atom stereocenters. The summed E-state index contributed by atoms with van der Waals surface area (Å²) in [5.41, 5.74) is 7.76. The maximum absolute atomic E-state index is 10.9. The Kier molecular flexibility index (Phi) is 3.03. The Morgan fingerprint density at radius 2 is 1.69 bits per heavy atom. The molecule has 0 aliphatic heterocycles. The summed E-state index contributed by atoms with van der Waals surface area (Å²) >= 11 is -2.30. The van der Waals surface area contributed by atoms with Gasteiger partial charge in [0.15, 0.2) is 0 Å². The van der Waals surface area contributed by atoms with Crippen LogP contribution in [0.25, 0.3) is 11.1 Å². The first-order valence-electron chi connectivity index (χ1n) is 4.73. The van der Waals surface area contributed by atoms with Gasteiger partial charge in [-0.25, -0.2) is 0 Å². The summed E-state index contributed by atoms with van der Waals surface area (Å²) in [7, 11) is 0. The Morgan fingerprint density at radius 3 is 2.31 bits per heavy atom. The Balaban J connectivity index is 2.59. The molecule has 0 spiro atoms. The summed E-state index contributed by atoms with van der Waals surface area (Å²) in [5.74, 6) is 0. The number of benzene rings is 2. The van der Waals surface area contributed by atoms with Crippen LogP contribution in [-0.2, 0) is 11.1 Å². The highest BCUT2D eigenvalue weighted by atomic mass is 32.2. The zero-order valence-corrected chi connectivity index (χ0v) is 9.24. The highest BCUT2D eigenvalue weighted by molar-refractivity contribution is 7.79. The van der Waals surface area contributed by atoms with Gasteiger partial charge >= 0.3 is 0 Å². The topological polar surface area (TPSA) is 66.2 Å². The van der Waals surface area contributed by atoms with Crippen molar-refractivity contribution in [3.8, 4) is 11.1 Å². The second-order valence-corrected chi connectivity index (χ2v) is 4.23. The molecule has 0 saturated heterocycles. The van der Waals surface area contributed by atoms with Crippen LogP contribution in [0.15, 0.2) is 53.4 Å². The molecule has 2 rings (SSSR count). The van der Waals surface area contributed by atoms with Gasteiger partial charge in [0.1, 0.15) is 0 Å². The van der Waals surface area contributed by atoms with Crippen molar-refractivity contribution in [3.63, 3.8) is 0 Å². The van der Waals surface area contributed by atoms with Crippen molar-refractivity contribution in [1.29, 1.82) is 0 Å². The van der Waals surface area contributed by atoms with E-state index < -0.39 is 11.1 Å². The van der Waals surface area contributed by atoms with Gasteiger partial charge in [0.2, 0.25) is 0 Å². The van der Waals surface area contributed by atoms with E-state index in [0.29, 0.717) is 5.69 Å². The molecule has 4 heteroatoms. The molecule has 0 amide bonds. The lowest BCUT2D eigenvalue weighted by Gasteiger charge is -2.12. The van der Waals surface area contributed by atoms with Gasteiger partial charge in [-0.3, -0.25) is 4.21 Å². The molecule has 2 aromatic rings. The first-order valence-corrected chi connectivity index (χ1v) is 5.81. The molecular formula is C12H10NO2S-. The van der Waals surface area contributed by atoms with E-state index in [1.165, 1.54) is 6.07 Å². The predicted molar refractivity (Wildman–Crippen MR) is 63.5 cm³/mol. The number of nitrogen functional groups attached to an aromatic ring is 1. The molecule has 0 aliphatic carbocycles. The van der Waals surface area contributed by atoms with Gasteiger partial charge in [-0.2, -0.15) is 0 Å². The molecule has 0 aliphatic rings. The average Bonchev–Trinajstić information content (AvgIpc) is 2.30. The highest BCUT2D eigenvalue weighted by Gasteiger charge is 2.06. The molecule has 0 saturated carbocycles. The number of hydrogen-bond acceptors (Lipinski definition) is 3. The third-order valence-electron chi connectivity index (χ3n) is 2.33. The fourth-order valence-electron chi connectivity index (χ4n) is 1.56. The number of anilines is 1. The average molecular weight is 232 g/mol. The monoisotopic (exact) mass is 232 g/mol. The van der Waals surface area contributed by atoms with Gasteiger partial charge in [-0.05, 0) is 22.7 Å². The van der Waals surface area contributed by atoms with Crippen LogP contribution in [0.1, 0.15) is 0 Å². The van der Waals surface area contributed by atoms with E-state index in [0.717, 1.165) is 11.1 Å². The molecule has 16 heavy (non-hydrogen) atoms. The van der Waals surface area contributed by atoms with Crippen LogP contribution in [0.5, 0.6) is 0 Å². The quantitative estimate of drug-likeness (QED) is 0.637. The van der Waals surface area contributed by atoms with E-state index in [-0.39, 0.29) is 4.90 Å². The molecule has 0 radical (unpaired) electrons. The van der Waals surface area contributed by atoms with Gasteiger partial charge in [-0.15, -0.1) is 0 Å². The second-order valence-electron chi connectivity index (χ2n) is 3.32. The molecule has 0 fully saturated rings. The summed E-state index contributed by atoms with van der Waals surface area (Å²) in [5, 5.41) is 0. The van der Waals surface area contributed by atoms with E-state index in [4.69, 9.17) is 5.73 Å². The molecule has 1 unspecified atom stereocenters. The van der Waals surface area contributed by atoms with E-state index >= 15 is 0 Å². The first kappa shape index (κ1) is 10.9. The van der Waals surface area contributed by atoms with Crippen molar-refractivity contribution in [2.75, 3.05) is 5.73 Å². The number of nitrogens with two attached hydrogens (primary N) is 1. The van der Waals surface area contributed by atoms with Crippen molar-refractivity contribution >= 4 is 16.8 Å². The van der Waals surface area contributed by atoms with Crippen molar-refractivity contribution in [1.82, 2.24) is 0 Å².